The number of nitrogens with two attached hydrogens (primary N) is 1. The molecule has 0 aromatic heterocycles. The highest BCUT2D eigenvalue weighted by molar-refractivity contribution is 7.91. The smallest absolute Gasteiger partial charge is 0.408 e. The van der Waals surface area contributed by atoms with Gasteiger partial charge in [0, 0.05) is 5.56 Å². The number of hydrogen-bond donors (Lipinski definition) is 3. The molecule has 1 heterocycles. The quantitative estimate of drug-likeness (QED) is 0.233. The number of ether oxygens (including phenoxy) is 2. The molecule has 40 heavy (non-hydrogen) atoms. The fraction of sp³-hybridized carbons (Fsp3) is 0.250. The van der Waals surface area contributed by atoms with Gasteiger partial charge in [0.05, 0.1) is 22.9 Å². The lowest BCUT2D eigenvalue weighted by Gasteiger charge is -2.27. The van der Waals surface area contributed by atoms with Gasteiger partial charge in [0.15, 0.2) is 9.84 Å². The molecule has 0 saturated carbocycles. The van der Waals surface area contributed by atoms with E-state index < -0.39 is 45.1 Å². The summed E-state index contributed by atoms with van der Waals surface area (Å²) in [5.74, 6) is 4.44. The summed E-state index contributed by atoms with van der Waals surface area (Å²) in [6.07, 6.45) is -0.933. The van der Waals surface area contributed by atoms with E-state index in [4.69, 9.17) is 15.3 Å². The van der Waals surface area contributed by atoms with Gasteiger partial charge in [0.25, 0.3) is 11.8 Å². The lowest BCUT2D eigenvalue weighted by Crippen LogP contribution is -2.51. The summed E-state index contributed by atoms with van der Waals surface area (Å²) in [4.78, 5) is 39.6. The maximum absolute atomic E-state index is 13.8. The Hall–Kier alpha value is -4.42. The van der Waals surface area contributed by atoms with Gasteiger partial charge in [-0.05, 0) is 68.8 Å². The summed E-state index contributed by atoms with van der Waals surface area (Å²) in [6.45, 7) is 4.88. The number of carbonyl (C=O) groups excluding carboxylic acids is 3. The van der Waals surface area contributed by atoms with Gasteiger partial charge in [0.2, 0.25) is 0 Å². The van der Waals surface area contributed by atoms with Gasteiger partial charge in [-0.15, -0.1) is 0 Å². The molecule has 0 fully saturated rings. The molecule has 11 nitrogen and oxygen atoms in total. The molecule has 1 aliphatic heterocycles. The number of hydrogen-bond acceptors (Lipinski definition) is 8. The lowest BCUT2D eigenvalue weighted by molar-refractivity contribution is -0.120. The highest BCUT2D eigenvalue weighted by atomic mass is 32.2. The van der Waals surface area contributed by atoms with Crippen LogP contribution in [0.4, 0.5) is 10.5 Å². The first-order chi connectivity index (χ1) is 18.9. The first kappa shape index (κ1) is 28.6. The molecule has 0 aliphatic carbocycles. The van der Waals surface area contributed by atoms with Crippen LogP contribution in [0, 0.1) is 0 Å². The van der Waals surface area contributed by atoms with E-state index in [1.807, 2.05) is 35.8 Å². The standard InChI is InChI=1S/C28H30N4O7S/c1-28(2,3)39-27(35)30-22-17-40(36,37)24-14-11-19(25(33)31-29)15-23(24)32(26(22)34)16-18-9-12-21(13-10-18)38-20-7-5-4-6-8-20/h4-15,22H,16-17,29H2,1-3H3,(H,30,35)(H,31,33)/t22-/m0/s1. The Morgan fingerprint density at radius 1 is 1.00 bits per heavy atom. The normalized spacial score (nSPS) is 16.4. The maximum Gasteiger partial charge on any atom is 0.408 e. The minimum Gasteiger partial charge on any atom is -0.457 e. The molecular weight excluding hydrogens is 536 g/mol. The molecule has 4 N–H and O–H groups in total. The van der Waals surface area contributed by atoms with Crippen LogP contribution in [-0.4, -0.2) is 43.7 Å². The third-order valence-electron chi connectivity index (χ3n) is 5.86. The predicted molar refractivity (Wildman–Crippen MR) is 147 cm³/mol. The molecule has 3 aromatic rings. The van der Waals surface area contributed by atoms with Crippen LogP contribution in [0.15, 0.2) is 77.7 Å². The largest absolute Gasteiger partial charge is 0.457 e. The first-order valence-electron chi connectivity index (χ1n) is 12.4. The van der Waals surface area contributed by atoms with Crippen molar-refractivity contribution < 1.29 is 32.3 Å². The van der Waals surface area contributed by atoms with Crippen molar-refractivity contribution >= 4 is 33.4 Å². The van der Waals surface area contributed by atoms with Gasteiger partial charge in [-0.25, -0.2) is 19.1 Å². The van der Waals surface area contributed by atoms with Crippen molar-refractivity contribution in [3.63, 3.8) is 0 Å². The third-order valence-corrected chi connectivity index (χ3v) is 7.65. The van der Waals surface area contributed by atoms with E-state index in [0.717, 1.165) is 0 Å². The Morgan fingerprint density at radius 2 is 1.65 bits per heavy atom. The molecule has 4 rings (SSSR count). The monoisotopic (exact) mass is 566 g/mol. The number of nitrogen functional groups attached to an aromatic ring is 1. The molecule has 1 atom stereocenters. The van der Waals surface area contributed by atoms with Crippen LogP contribution in [0.5, 0.6) is 11.5 Å². The molecular formula is C28H30N4O7S. The van der Waals surface area contributed by atoms with Crippen molar-refractivity contribution in [3.8, 4) is 11.5 Å². The average molecular weight is 567 g/mol. The average Bonchev–Trinajstić information content (AvgIpc) is 2.97. The molecule has 12 heteroatoms. The van der Waals surface area contributed by atoms with E-state index in [0.29, 0.717) is 17.1 Å². The van der Waals surface area contributed by atoms with Gasteiger partial charge in [-0.1, -0.05) is 30.3 Å². The van der Waals surface area contributed by atoms with Crippen molar-refractivity contribution in [1.29, 1.82) is 0 Å². The fourth-order valence-electron chi connectivity index (χ4n) is 4.09. The van der Waals surface area contributed by atoms with Crippen LogP contribution in [-0.2, 0) is 25.9 Å². The molecule has 0 unspecified atom stereocenters. The van der Waals surface area contributed by atoms with Gasteiger partial charge in [0.1, 0.15) is 23.1 Å². The number of rotatable bonds is 6. The molecule has 210 valence electrons. The zero-order valence-corrected chi connectivity index (χ0v) is 23.0. The number of hydrazine groups is 1. The zero-order chi connectivity index (χ0) is 29.1. The van der Waals surface area contributed by atoms with E-state index >= 15 is 0 Å². The van der Waals surface area contributed by atoms with Gasteiger partial charge in [-0.2, -0.15) is 0 Å². The van der Waals surface area contributed by atoms with E-state index in [-0.39, 0.29) is 22.7 Å². The molecule has 3 amide bonds. The van der Waals surface area contributed by atoms with E-state index in [1.54, 1.807) is 45.0 Å². The van der Waals surface area contributed by atoms with Crippen molar-refractivity contribution in [2.24, 2.45) is 5.84 Å². The van der Waals surface area contributed by atoms with Crippen LogP contribution < -0.4 is 26.2 Å². The number of carbonyl (C=O) groups is 3. The van der Waals surface area contributed by atoms with Crippen LogP contribution >= 0.6 is 0 Å². The summed E-state index contributed by atoms with van der Waals surface area (Å²) in [7, 11) is -4.08. The number of sulfone groups is 1. The van der Waals surface area contributed by atoms with Crippen LogP contribution in [0.3, 0.4) is 0 Å². The number of para-hydroxylation sites is 1. The summed E-state index contributed by atoms with van der Waals surface area (Å²) < 4.78 is 37.8. The van der Waals surface area contributed by atoms with Gasteiger partial charge >= 0.3 is 6.09 Å². The van der Waals surface area contributed by atoms with Crippen LogP contribution in [0.1, 0.15) is 36.7 Å². The predicted octanol–water partition coefficient (Wildman–Crippen LogP) is 3.30. The fourth-order valence-corrected chi connectivity index (χ4v) is 5.70. The van der Waals surface area contributed by atoms with Crippen molar-refractivity contribution in [2.45, 2.75) is 43.9 Å². The Bertz CT molecular complexity index is 1520. The van der Waals surface area contributed by atoms with Crippen LogP contribution in [0.2, 0.25) is 0 Å². The molecule has 0 spiro atoms. The Labute approximate surface area is 232 Å². The van der Waals surface area contributed by atoms with E-state index in [2.05, 4.69) is 5.32 Å². The summed E-state index contributed by atoms with van der Waals surface area (Å²) in [5, 5.41) is 2.41. The number of anilines is 1. The SMILES string of the molecule is CC(C)(C)OC(=O)N[C@H]1CS(=O)(=O)c2ccc(C(=O)NN)cc2N(Cc2ccc(Oc3ccccc3)cc2)C1=O. The van der Waals surface area contributed by atoms with Crippen molar-refractivity contribution in [1.82, 2.24) is 10.7 Å². The van der Waals surface area contributed by atoms with Gasteiger partial charge < -0.3 is 19.7 Å². The third kappa shape index (κ3) is 6.77. The molecule has 0 bridgehead atoms. The minimum absolute atomic E-state index is 0.01000. The summed E-state index contributed by atoms with van der Waals surface area (Å²) in [5.41, 5.74) is 1.82. The number of alkyl carbamates (subject to hydrolysis) is 1. The van der Waals surface area contributed by atoms with E-state index in [1.165, 1.54) is 23.1 Å². The lowest BCUT2D eigenvalue weighted by atomic mass is 10.1. The van der Waals surface area contributed by atoms with E-state index in [9.17, 15) is 22.8 Å². The molecule has 3 aromatic carbocycles. The number of nitrogens with one attached hydrogen (secondary N) is 2. The Balaban J connectivity index is 1.70. The molecule has 1 aliphatic rings. The second kappa shape index (κ2) is 11.4. The number of fused-ring (bicyclic) bond motifs is 1. The van der Waals surface area contributed by atoms with Gasteiger partial charge in [-0.3, -0.25) is 15.0 Å². The van der Waals surface area contributed by atoms with Crippen molar-refractivity contribution in [2.75, 3.05) is 10.7 Å². The number of nitrogens with zero attached hydrogens (tertiary/aromatic N) is 1. The summed E-state index contributed by atoms with van der Waals surface area (Å²) in [6, 6.07) is 18.5. The number of amides is 3. The van der Waals surface area contributed by atoms with Crippen molar-refractivity contribution in [3.05, 3.63) is 83.9 Å². The second-order valence-corrected chi connectivity index (χ2v) is 12.1. The topological polar surface area (TPSA) is 157 Å². The molecule has 0 saturated heterocycles. The minimum atomic E-state index is -4.08. The Morgan fingerprint density at radius 3 is 2.27 bits per heavy atom. The molecule has 0 radical (unpaired) electrons. The first-order valence-corrected chi connectivity index (χ1v) is 14.0. The second-order valence-electron chi connectivity index (χ2n) is 10.1. The Kier molecular flexibility index (Phi) is 8.12. The van der Waals surface area contributed by atoms with Crippen LogP contribution in [0.25, 0.3) is 0 Å². The highest BCUT2D eigenvalue weighted by Crippen LogP contribution is 2.33. The number of benzene rings is 3. The summed E-state index contributed by atoms with van der Waals surface area (Å²) >= 11 is 0. The highest BCUT2D eigenvalue weighted by Gasteiger charge is 2.39. The zero-order valence-electron chi connectivity index (χ0n) is 22.2. The maximum atomic E-state index is 13.8.